The zero-order chi connectivity index (χ0) is 13.8. The van der Waals surface area contributed by atoms with Crippen LogP contribution in [0.4, 0.5) is 0 Å². The molecule has 0 aliphatic rings. The van der Waals surface area contributed by atoms with Crippen molar-refractivity contribution in [1.29, 1.82) is 0 Å². The van der Waals surface area contributed by atoms with Gasteiger partial charge in [-0.1, -0.05) is 19.1 Å². The highest BCUT2D eigenvalue weighted by Gasteiger charge is 2.20. The lowest BCUT2D eigenvalue weighted by Gasteiger charge is -2.15. The summed E-state index contributed by atoms with van der Waals surface area (Å²) in [4.78, 5) is 0. The second kappa shape index (κ2) is 5.84. The molecule has 19 heavy (non-hydrogen) atoms. The Morgan fingerprint density at radius 3 is 2.32 bits per heavy atom. The van der Waals surface area contributed by atoms with E-state index in [0.29, 0.717) is 11.6 Å². The monoisotopic (exact) mass is 261 g/mol. The SMILES string of the molecule is CCC(CC)c1c(CO)nnn1-c1ccc(O)cc1. The fourth-order valence-electron chi connectivity index (χ4n) is 2.30. The number of nitrogens with zero attached hydrogens (tertiary/aromatic N) is 3. The van der Waals surface area contributed by atoms with E-state index < -0.39 is 0 Å². The predicted molar refractivity (Wildman–Crippen MR) is 72.3 cm³/mol. The molecule has 0 aliphatic heterocycles. The van der Waals surface area contributed by atoms with E-state index in [1.165, 1.54) is 0 Å². The second-order valence-electron chi connectivity index (χ2n) is 4.52. The minimum absolute atomic E-state index is 0.107. The summed E-state index contributed by atoms with van der Waals surface area (Å²) < 4.78 is 1.75. The summed E-state index contributed by atoms with van der Waals surface area (Å²) in [5.74, 6) is 0.529. The van der Waals surface area contributed by atoms with Crippen molar-refractivity contribution in [2.24, 2.45) is 0 Å². The highest BCUT2D eigenvalue weighted by Crippen LogP contribution is 2.27. The smallest absolute Gasteiger partial charge is 0.115 e. The van der Waals surface area contributed by atoms with E-state index >= 15 is 0 Å². The molecule has 2 N–H and O–H groups in total. The van der Waals surface area contributed by atoms with Gasteiger partial charge < -0.3 is 10.2 Å². The van der Waals surface area contributed by atoms with Gasteiger partial charge in [-0.2, -0.15) is 0 Å². The van der Waals surface area contributed by atoms with Gasteiger partial charge in [-0.15, -0.1) is 5.10 Å². The van der Waals surface area contributed by atoms with Gasteiger partial charge in [0, 0.05) is 5.92 Å². The molecular formula is C14H19N3O2. The van der Waals surface area contributed by atoms with Crippen molar-refractivity contribution in [3.63, 3.8) is 0 Å². The van der Waals surface area contributed by atoms with Gasteiger partial charge in [0.2, 0.25) is 0 Å². The molecule has 0 fully saturated rings. The Morgan fingerprint density at radius 2 is 1.79 bits per heavy atom. The van der Waals surface area contributed by atoms with E-state index in [9.17, 15) is 10.2 Å². The van der Waals surface area contributed by atoms with Gasteiger partial charge >= 0.3 is 0 Å². The van der Waals surface area contributed by atoms with Gasteiger partial charge in [-0.25, -0.2) is 4.68 Å². The van der Waals surface area contributed by atoms with E-state index in [1.54, 1.807) is 28.9 Å². The van der Waals surface area contributed by atoms with E-state index in [2.05, 4.69) is 24.2 Å². The fourth-order valence-corrected chi connectivity index (χ4v) is 2.30. The number of benzene rings is 1. The lowest BCUT2D eigenvalue weighted by Crippen LogP contribution is -2.08. The molecule has 1 heterocycles. The molecular weight excluding hydrogens is 242 g/mol. The molecule has 2 rings (SSSR count). The van der Waals surface area contributed by atoms with Gasteiger partial charge in [-0.05, 0) is 37.1 Å². The molecule has 0 saturated carbocycles. The van der Waals surface area contributed by atoms with Crippen LogP contribution in [-0.4, -0.2) is 25.2 Å². The highest BCUT2D eigenvalue weighted by atomic mass is 16.3. The zero-order valence-electron chi connectivity index (χ0n) is 11.2. The zero-order valence-corrected chi connectivity index (χ0v) is 11.2. The summed E-state index contributed by atoms with van der Waals surface area (Å²) in [6.45, 7) is 4.12. The quantitative estimate of drug-likeness (QED) is 0.866. The number of phenols is 1. The molecule has 0 amide bonds. The normalized spacial score (nSPS) is 11.2. The van der Waals surface area contributed by atoms with Gasteiger partial charge in [0.1, 0.15) is 11.4 Å². The van der Waals surface area contributed by atoms with E-state index in [-0.39, 0.29) is 12.4 Å². The topological polar surface area (TPSA) is 71.2 Å². The van der Waals surface area contributed by atoms with Crippen molar-refractivity contribution < 1.29 is 10.2 Å². The summed E-state index contributed by atoms with van der Waals surface area (Å²) in [5, 5.41) is 26.9. The molecule has 0 radical (unpaired) electrons. The highest BCUT2D eigenvalue weighted by molar-refractivity contribution is 5.38. The Hall–Kier alpha value is -1.88. The molecule has 0 atom stereocenters. The van der Waals surface area contributed by atoms with Crippen molar-refractivity contribution in [2.45, 2.75) is 39.2 Å². The van der Waals surface area contributed by atoms with Crippen LogP contribution in [0.2, 0.25) is 0 Å². The number of aromatic hydroxyl groups is 1. The van der Waals surface area contributed by atoms with Crippen molar-refractivity contribution in [2.75, 3.05) is 0 Å². The molecule has 0 unspecified atom stereocenters. The van der Waals surface area contributed by atoms with Crippen molar-refractivity contribution in [1.82, 2.24) is 15.0 Å². The maximum atomic E-state index is 9.41. The Balaban J connectivity index is 2.51. The molecule has 0 saturated heterocycles. The molecule has 0 aliphatic carbocycles. The third kappa shape index (κ3) is 2.61. The Bertz CT molecular complexity index is 530. The predicted octanol–water partition coefficient (Wildman–Crippen LogP) is 2.37. The largest absolute Gasteiger partial charge is 0.508 e. The van der Waals surface area contributed by atoms with Gasteiger partial charge in [0.05, 0.1) is 18.0 Å². The van der Waals surface area contributed by atoms with Crippen LogP contribution < -0.4 is 0 Å². The lowest BCUT2D eigenvalue weighted by atomic mass is 9.97. The van der Waals surface area contributed by atoms with Crippen molar-refractivity contribution in [3.8, 4) is 11.4 Å². The van der Waals surface area contributed by atoms with Gasteiger partial charge in [0.15, 0.2) is 0 Å². The number of aliphatic hydroxyl groups excluding tert-OH is 1. The fraction of sp³-hybridized carbons (Fsp3) is 0.429. The number of hydrogen-bond acceptors (Lipinski definition) is 4. The molecule has 1 aromatic heterocycles. The second-order valence-corrected chi connectivity index (χ2v) is 4.52. The number of phenolic OH excluding ortho intramolecular Hbond substituents is 1. The van der Waals surface area contributed by atoms with Crippen molar-refractivity contribution in [3.05, 3.63) is 35.7 Å². The minimum Gasteiger partial charge on any atom is -0.508 e. The first-order chi connectivity index (χ1) is 9.21. The van der Waals surface area contributed by atoms with Crippen LogP contribution in [0.25, 0.3) is 5.69 Å². The third-order valence-corrected chi connectivity index (χ3v) is 3.40. The molecule has 2 aromatic rings. The van der Waals surface area contributed by atoms with Crippen LogP contribution in [0.1, 0.15) is 44.0 Å². The standard InChI is InChI=1S/C14H19N3O2/c1-3-10(4-2)14-13(9-18)15-16-17(14)11-5-7-12(19)8-6-11/h5-8,10,18-19H,3-4,9H2,1-2H3. The van der Waals surface area contributed by atoms with Gasteiger partial charge in [0.25, 0.3) is 0 Å². The van der Waals surface area contributed by atoms with Crippen LogP contribution >= 0.6 is 0 Å². The first kappa shape index (κ1) is 13.5. The van der Waals surface area contributed by atoms with Gasteiger partial charge in [-0.3, -0.25) is 0 Å². The first-order valence-electron chi connectivity index (χ1n) is 6.55. The molecule has 1 aromatic carbocycles. The number of hydrogen-bond donors (Lipinski definition) is 2. The van der Waals surface area contributed by atoms with Crippen LogP contribution in [0.3, 0.4) is 0 Å². The maximum absolute atomic E-state index is 9.41. The molecule has 102 valence electrons. The number of rotatable bonds is 5. The summed E-state index contributed by atoms with van der Waals surface area (Å²) in [5.41, 5.74) is 2.42. The molecule has 0 bridgehead atoms. The average molecular weight is 261 g/mol. The van der Waals surface area contributed by atoms with Crippen LogP contribution in [0, 0.1) is 0 Å². The summed E-state index contributed by atoms with van der Waals surface area (Å²) in [6.07, 6.45) is 1.93. The van der Waals surface area contributed by atoms with Crippen LogP contribution in [-0.2, 0) is 6.61 Å². The number of aromatic nitrogens is 3. The van der Waals surface area contributed by atoms with Crippen LogP contribution in [0.15, 0.2) is 24.3 Å². The molecule has 5 heteroatoms. The third-order valence-electron chi connectivity index (χ3n) is 3.40. The van der Waals surface area contributed by atoms with E-state index in [1.807, 2.05) is 0 Å². The first-order valence-corrected chi connectivity index (χ1v) is 6.55. The summed E-state index contributed by atoms with van der Waals surface area (Å²) in [7, 11) is 0. The summed E-state index contributed by atoms with van der Waals surface area (Å²) >= 11 is 0. The number of aliphatic hydroxyl groups is 1. The Kier molecular flexibility index (Phi) is 4.16. The van der Waals surface area contributed by atoms with Crippen LogP contribution in [0.5, 0.6) is 5.75 Å². The van der Waals surface area contributed by atoms with E-state index in [0.717, 1.165) is 24.2 Å². The summed E-state index contributed by atoms with van der Waals surface area (Å²) in [6, 6.07) is 6.81. The van der Waals surface area contributed by atoms with Crippen molar-refractivity contribution >= 4 is 0 Å². The minimum atomic E-state index is -0.107. The Labute approximate surface area is 112 Å². The average Bonchev–Trinajstić information content (AvgIpc) is 2.85. The Morgan fingerprint density at radius 1 is 1.16 bits per heavy atom. The molecule has 0 spiro atoms. The van der Waals surface area contributed by atoms with E-state index in [4.69, 9.17) is 0 Å². The lowest BCUT2D eigenvalue weighted by molar-refractivity contribution is 0.274. The molecule has 5 nitrogen and oxygen atoms in total. The maximum Gasteiger partial charge on any atom is 0.115 e.